The molecule has 0 spiro atoms. The topological polar surface area (TPSA) is 131 Å². The molecule has 0 unspecified atom stereocenters. The molecule has 0 bridgehead atoms. The minimum Gasteiger partial charge on any atom is -0.510 e. The molecule has 1 aromatic carbocycles. The van der Waals surface area contributed by atoms with Gasteiger partial charge in [-0.15, -0.1) is 5.11 Å². The monoisotopic (exact) mass is 313 g/mol. The summed E-state index contributed by atoms with van der Waals surface area (Å²) in [5, 5.41) is 21.7. The maximum atomic E-state index is 11.5. The van der Waals surface area contributed by atoms with Crippen molar-refractivity contribution in [3.05, 3.63) is 35.7 Å². The Kier molecular flexibility index (Phi) is 5.56. The number of azo groups is 1. The van der Waals surface area contributed by atoms with E-state index in [1.165, 1.54) is 31.2 Å². The first-order valence-electron chi connectivity index (χ1n) is 5.87. The van der Waals surface area contributed by atoms with E-state index in [0.717, 1.165) is 0 Å². The maximum absolute atomic E-state index is 11.5. The van der Waals surface area contributed by atoms with Crippen molar-refractivity contribution in [2.45, 2.75) is 18.7 Å². The van der Waals surface area contributed by atoms with Crippen LogP contribution in [-0.4, -0.2) is 26.1 Å². The molecular weight excluding hydrogens is 298 g/mol. The number of sulfonamides is 1. The number of nitrogens with zero attached hydrogens (tertiary/aromatic N) is 2. The van der Waals surface area contributed by atoms with Crippen LogP contribution in [0, 0.1) is 0 Å². The molecule has 1 aromatic rings. The number of nitrogens with two attached hydrogens (primary N) is 1. The number of hydrogen-bond donors (Lipinski definition) is 2. The first-order chi connectivity index (χ1) is 9.75. The molecular formula is C12H15N3O5S. The third kappa shape index (κ3) is 4.97. The number of carbonyl (C=O) groups excluding carboxylic acids is 1. The zero-order chi connectivity index (χ0) is 16.0. The van der Waals surface area contributed by atoms with Crippen molar-refractivity contribution in [2.75, 3.05) is 6.61 Å². The molecule has 0 fully saturated rings. The standard InChI is InChI=1S/C12H15N3O5S/c1-3-20-12(17)11(8(2)16)15-14-9-4-6-10(7-5-9)21(13,18)19/h4-7,16H,3H2,1-2H3,(H2,13,18,19)/b11-8-,15-14?. The minimum atomic E-state index is -3.78. The molecule has 0 atom stereocenters. The maximum Gasteiger partial charge on any atom is 0.362 e. The van der Waals surface area contributed by atoms with Gasteiger partial charge in [0, 0.05) is 0 Å². The fourth-order valence-corrected chi connectivity index (χ4v) is 1.79. The summed E-state index contributed by atoms with van der Waals surface area (Å²) in [4.78, 5) is 11.4. The molecule has 0 saturated heterocycles. The number of rotatable bonds is 5. The zero-order valence-electron chi connectivity index (χ0n) is 11.5. The van der Waals surface area contributed by atoms with Gasteiger partial charge in [-0.25, -0.2) is 18.4 Å². The van der Waals surface area contributed by atoms with E-state index in [9.17, 15) is 18.3 Å². The van der Waals surface area contributed by atoms with Crippen molar-refractivity contribution in [3.8, 4) is 0 Å². The number of carbonyl (C=O) groups is 1. The minimum absolute atomic E-state index is 0.0686. The van der Waals surface area contributed by atoms with Gasteiger partial charge in [0.05, 0.1) is 17.2 Å². The van der Waals surface area contributed by atoms with E-state index < -0.39 is 16.0 Å². The molecule has 0 heterocycles. The lowest BCUT2D eigenvalue weighted by molar-refractivity contribution is -0.138. The number of benzene rings is 1. The van der Waals surface area contributed by atoms with Gasteiger partial charge >= 0.3 is 5.97 Å². The fraction of sp³-hybridized carbons (Fsp3) is 0.250. The van der Waals surface area contributed by atoms with Gasteiger partial charge in [-0.2, -0.15) is 5.11 Å². The summed E-state index contributed by atoms with van der Waals surface area (Å²) in [7, 11) is -3.78. The van der Waals surface area contributed by atoms with Gasteiger partial charge in [0.15, 0.2) is 0 Å². The summed E-state index contributed by atoms with van der Waals surface area (Å²) < 4.78 is 26.9. The summed E-state index contributed by atoms with van der Waals surface area (Å²) >= 11 is 0. The quantitative estimate of drug-likeness (QED) is 0.370. The van der Waals surface area contributed by atoms with Gasteiger partial charge in [-0.1, -0.05) is 0 Å². The van der Waals surface area contributed by atoms with E-state index in [1.807, 2.05) is 0 Å². The molecule has 114 valence electrons. The van der Waals surface area contributed by atoms with Gasteiger partial charge in [0.1, 0.15) is 5.76 Å². The molecule has 0 aromatic heterocycles. The van der Waals surface area contributed by atoms with Crippen LogP contribution in [0.4, 0.5) is 5.69 Å². The molecule has 0 radical (unpaired) electrons. The van der Waals surface area contributed by atoms with Crippen LogP contribution in [0.15, 0.2) is 50.8 Å². The van der Waals surface area contributed by atoms with Crippen molar-refractivity contribution in [3.63, 3.8) is 0 Å². The second-order valence-corrected chi connectivity index (χ2v) is 5.45. The van der Waals surface area contributed by atoms with Crippen molar-refractivity contribution < 1.29 is 23.1 Å². The summed E-state index contributed by atoms with van der Waals surface area (Å²) in [6.45, 7) is 3.02. The summed E-state index contributed by atoms with van der Waals surface area (Å²) in [5.41, 5.74) is -0.0437. The average Bonchev–Trinajstić information content (AvgIpc) is 2.38. The third-order valence-corrected chi connectivity index (χ3v) is 3.17. The van der Waals surface area contributed by atoms with Crippen LogP contribution in [-0.2, 0) is 19.6 Å². The molecule has 0 aliphatic heterocycles. The zero-order valence-corrected chi connectivity index (χ0v) is 12.3. The number of aliphatic hydroxyl groups excluding tert-OH is 1. The second-order valence-electron chi connectivity index (χ2n) is 3.89. The molecule has 0 aliphatic carbocycles. The SMILES string of the molecule is CCOC(=O)/C(N=Nc1ccc(S(N)(=O)=O)cc1)=C(\C)O. The number of aliphatic hydroxyl groups is 1. The third-order valence-electron chi connectivity index (χ3n) is 2.24. The Labute approximate surface area is 122 Å². The van der Waals surface area contributed by atoms with E-state index in [0.29, 0.717) is 0 Å². The van der Waals surface area contributed by atoms with Crippen LogP contribution in [0.25, 0.3) is 0 Å². The predicted octanol–water partition coefficient (Wildman–Crippen LogP) is 1.77. The highest BCUT2D eigenvalue weighted by atomic mass is 32.2. The Hall–Kier alpha value is -2.26. The first-order valence-corrected chi connectivity index (χ1v) is 7.42. The highest BCUT2D eigenvalue weighted by molar-refractivity contribution is 7.89. The summed E-state index contributed by atoms with van der Waals surface area (Å²) in [5.74, 6) is -1.14. The second kappa shape index (κ2) is 6.95. The molecule has 9 heteroatoms. The molecule has 8 nitrogen and oxygen atoms in total. The lowest BCUT2D eigenvalue weighted by Crippen LogP contribution is -2.11. The van der Waals surface area contributed by atoms with Crippen LogP contribution < -0.4 is 5.14 Å². The lowest BCUT2D eigenvalue weighted by Gasteiger charge is -2.02. The molecule has 0 aliphatic rings. The van der Waals surface area contributed by atoms with E-state index in [-0.39, 0.29) is 28.6 Å². The fourth-order valence-electron chi connectivity index (χ4n) is 1.27. The Morgan fingerprint density at radius 2 is 1.90 bits per heavy atom. The average molecular weight is 313 g/mol. The van der Waals surface area contributed by atoms with E-state index in [2.05, 4.69) is 10.2 Å². The molecule has 0 amide bonds. The van der Waals surface area contributed by atoms with Crippen molar-refractivity contribution in [1.82, 2.24) is 0 Å². The van der Waals surface area contributed by atoms with E-state index >= 15 is 0 Å². The van der Waals surface area contributed by atoms with Crippen LogP contribution in [0.3, 0.4) is 0 Å². The Morgan fingerprint density at radius 1 is 1.33 bits per heavy atom. The molecule has 3 N–H and O–H groups in total. The number of hydrogen-bond acceptors (Lipinski definition) is 7. The van der Waals surface area contributed by atoms with Crippen molar-refractivity contribution in [1.29, 1.82) is 0 Å². The predicted molar refractivity (Wildman–Crippen MR) is 74.3 cm³/mol. The normalized spacial score (nSPS) is 13.1. The van der Waals surface area contributed by atoms with Gasteiger partial charge in [-0.3, -0.25) is 0 Å². The number of primary sulfonamides is 1. The van der Waals surface area contributed by atoms with Crippen LogP contribution in [0.5, 0.6) is 0 Å². The van der Waals surface area contributed by atoms with Gasteiger partial charge < -0.3 is 9.84 Å². The Balaban J connectivity index is 2.98. The van der Waals surface area contributed by atoms with Crippen LogP contribution >= 0.6 is 0 Å². The molecule has 0 saturated carbocycles. The molecule has 21 heavy (non-hydrogen) atoms. The first kappa shape index (κ1) is 16.8. The summed E-state index contributed by atoms with van der Waals surface area (Å²) in [6, 6.07) is 5.23. The highest BCUT2D eigenvalue weighted by Crippen LogP contribution is 2.18. The highest BCUT2D eigenvalue weighted by Gasteiger charge is 2.14. The van der Waals surface area contributed by atoms with Crippen LogP contribution in [0.2, 0.25) is 0 Å². The van der Waals surface area contributed by atoms with Crippen molar-refractivity contribution in [2.24, 2.45) is 15.4 Å². The van der Waals surface area contributed by atoms with Crippen molar-refractivity contribution >= 4 is 21.7 Å². The van der Waals surface area contributed by atoms with Gasteiger partial charge in [0.25, 0.3) is 0 Å². The number of esters is 1. The van der Waals surface area contributed by atoms with E-state index in [4.69, 9.17) is 9.88 Å². The number of allylic oxidation sites excluding steroid dienone is 1. The number of ether oxygens (including phenoxy) is 1. The Bertz CT molecular complexity index is 673. The lowest BCUT2D eigenvalue weighted by atomic mass is 10.3. The molecule has 1 rings (SSSR count). The smallest absolute Gasteiger partial charge is 0.362 e. The van der Waals surface area contributed by atoms with Gasteiger partial charge in [-0.05, 0) is 38.1 Å². The van der Waals surface area contributed by atoms with E-state index in [1.54, 1.807) is 6.92 Å². The van der Waals surface area contributed by atoms with Crippen LogP contribution in [0.1, 0.15) is 13.8 Å². The Morgan fingerprint density at radius 3 is 2.33 bits per heavy atom. The van der Waals surface area contributed by atoms with Gasteiger partial charge in [0.2, 0.25) is 15.7 Å². The summed E-state index contributed by atoms with van der Waals surface area (Å²) in [6.07, 6.45) is 0. The largest absolute Gasteiger partial charge is 0.510 e.